The first-order chi connectivity index (χ1) is 10.6. The van der Waals surface area contributed by atoms with Crippen LogP contribution in [-0.4, -0.2) is 29.9 Å². The van der Waals surface area contributed by atoms with Gasteiger partial charge in [0.25, 0.3) is 0 Å². The maximum Gasteiger partial charge on any atom is 0.309 e. The van der Waals surface area contributed by atoms with Gasteiger partial charge in [0.2, 0.25) is 5.91 Å². The lowest BCUT2D eigenvalue weighted by Crippen LogP contribution is -2.31. The van der Waals surface area contributed by atoms with Crippen LogP contribution in [0.15, 0.2) is 11.4 Å². The van der Waals surface area contributed by atoms with Gasteiger partial charge in [-0.1, -0.05) is 13.3 Å². The normalized spacial score (nSPS) is 17.5. The highest BCUT2D eigenvalue weighted by Gasteiger charge is 2.27. The number of carbonyl (C=O) groups is 2. The van der Waals surface area contributed by atoms with E-state index in [0.29, 0.717) is 26.0 Å². The van der Waals surface area contributed by atoms with Gasteiger partial charge in [-0.25, -0.2) is 0 Å². The van der Waals surface area contributed by atoms with E-state index < -0.39 is 0 Å². The van der Waals surface area contributed by atoms with E-state index in [1.807, 2.05) is 4.90 Å². The average Bonchev–Trinajstić information content (AvgIpc) is 3.09. The molecule has 22 heavy (non-hydrogen) atoms. The highest BCUT2D eigenvalue weighted by Crippen LogP contribution is 2.22. The summed E-state index contributed by atoms with van der Waals surface area (Å²) < 4.78 is 4.96. The number of esters is 1. The molecule has 0 radical (unpaired) electrons. The van der Waals surface area contributed by atoms with Gasteiger partial charge < -0.3 is 9.64 Å². The molecule has 1 aliphatic heterocycles. The summed E-state index contributed by atoms with van der Waals surface area (Å²) in [7, 11) is 0. The van der Waals surface area contributed by atoms with Crippen LogP contribution in [0.5, 0.6) is 0 Å². The Labute approximate surface area is 136 Å². The van der Waals surface area contributed by atoms with Crippen molar-refractivity contribution in [3.05, 3.63) is 21.9 Å². The lowest BCUT2D eigenvalue weighted by atomic mass is 10.0. The van der Waals surface area contributed by atoms with Crippen LogP contribution in [0.1, 0.15) is 49.5 Å². The minimum atomic E-state index is -0.137. The van der Waals surface area contributed by atoms with Crippen LogP contribution in [0.4, 0.5) is 0 Å². The first kappa shape index (κ1) is 17.0. The highest BCUT2D eigenvalue weighted by atomic mass is 32.1. The molecule has 5 heteroatoms. The molecule has 2 heterocycles. The number of hydrogen-bond acceptors (Lipinski definition) is 4. The van der Waals surface area contributed by atoms with Crippen molar-refractivity contribution in [2.75, 3.05) is 13.2 Å². The van der Waals surface area contributed by atoms with E-state index in [1.165, 1.54) is 10.4 Å². The Balaban J connectivity index is 1.90. The zero-order valence-corrected chi connectivity index (χ0v) is 14.3. The molecule has 4 nitrogen and oxygen atoms in total. The van der Waals surface area contributed by atoms with Gasteiger partial charge in [0.05, 0.1) is 19.1 Å². The molecule has 0 saturated carbocycles. The van der Waals surface area contributed by atoms with E-state index in [1.54, 1.807) is 11.3 Å². The molecule has 1 fully saturated rings. The predicted molar refractivity (Wildman–Crippen MR) is 87.7 cm³/mol. The number of ether oxygens (including phenoxy) is 1. The third kappa shape index (κ3) is 4.57. The molecule has 0 spiro atoms. The molecule has 1 aromatic heterocycles. The Kier molecular flexibility index (Phi) is 6.43. The topological polar surface area (TPSA) is 46.6 Å². The zero-order chi connectivity index (χ0) is 15.9. The molecule has 0 aromatic carbocycles. The fourth-order valence-corrected chi connectivity index (χ4v) is 3.56. The predicted octanol–water partition coefficient (Wildman–Crippen LogP) is 3.53. The third-order valence-corrected chi connectivity index (χ3v) is 5.20. The number of thiophene rings is 1. The number of nitrogens with zero attached hydrogens (tertiary/aromatic N) is 1. The largest absolute Gasteiger partial charge is 0.465 e. The number of cyclic esters (lactones) is 1. The summed E-state index contributed by atoms with van der Waals surface area (Å²) in [5.41, 5.74) is 1.25. The number of unbranched alkanes of at least 4 members (excludes halogenated alkanes) is 1. The van der Waals surface area contributed by atoms with Crippen molar-refractivity contribution in [2.45, 2.75) is 52.5 Å². The van der Waals surface area contributed by atoms with Gasteiger partial charge in [-0.05, 0) is 43.2 Å². The van der Waals surface area contributed by atoms with E-state index in [-0.39, 0.29) is 17.8 Å². The van der Waals surface area contributed by atoms with E-state index >= 15 is 0 Å². The third-order valence-electron chi connectivity index (χ3n) is 4.19. The van der Waals surface area contributed by atoms with Crippen molar-refractivity contribution < 1.29 is 14.3 Å². The molecule has 2 rings (SSSR count). The van der Waals surface area contributed by atoms with Crippen molar-refractivity contribution in [1.82, 2.24) is 4.90 Å². The average molecular weight is 323 g/mol. The molecule has 0 bridgehead atoms. The first-order valence-electron chi connectivity index (χ1n) is 8.09. The number of rotatable bonds is 8. The Morgan fingerprint density at radius 3 is 2.91 bits per heavy atom. The molecular weight excluding hydrogens is 298 g/mol. The van der Waals surface area contributed by atoms with Gasteiger partial charge in [0, 0.05) is 17.8 Å². The number of hydrogen-bond donors (Lipinski definition) is 0. The summed E-state index contributed by atoms with van der Waals surface area (Å²) >= 11 is 1.70. The minimum Gasteiger partial charge on any atom is -0.465 e. The van der Waals surface area contributed by atoms with E-state index in [9.17, 15) is 9.59 Å². The van der Waals surface area contributed by atoms with Crippen molar-refractivity contribution in [1.29, 1.82) is 0 Å². The van der Waals surface area contributed by atoms with Crippen molar-refractivity contribution >= 4 is 23.2 Å². The molecule has 0 aliphatic carbocycles. The molecular formula is C17H25NO3S. The minimum absolute atomic E-state index is 0.0829. The molecule has 1 aromatic rings. The summed E-state index contributed by atoms with van der Waals surface area (Å²) in [5.74, 6) is -0.0663. The van der Waals surface area contributed by atoms with Crippen LogP contribution in [-0.2, 0) is 20.9 Å². The second-order valence-electron chi connectivity index (χ2n) is 5.89. The Hall–Kier alpha value is -1.36. The molecule has 122 valence electrons. The van der Waals surface area contributed by atoms with E-state index in [2.05, 4.69) is 25.3 Å². The van der Waals surface area contributed by atoms with Gasteiger partial charge in [-0.2, -0.15) is 0 Å². The summed E-state index contributed by atoms with van der Waals surface area (Å²) in [6.45, 7) is 6.21. The fraction of sp³-hybridized carbons (Fsp3) is 0.647. The summed E-state index contributed by atoms with van der Waals surface area (Å²) in [6.07, 6.45) is 3.90. The van der Waals surface area contributed by atoms with Crippen molar-refractivity contribution in [2.24, 2.45) is 5.92 Å². The van der Waals surface area contributed by atoms with Gasteiger partial charge in [-0.15, -0.1) is 11.3 Å². The Morgan fingerprint density at radius 2 is 2.32 bits per heavy atom. The van der Waals surface area contributed by atoms with Crippen LogP contribution >= 0.6 is 11.3 Å². The number of aryl methyl sites for hydroxylation is 1. The summed E-state index contributed by atoms with van der Waals surface area (Å²) in [5, 5.41) is 2.07. The van der Waals surface area contributed by atoms with Crippen LogP contribution in [0, 0.1) is 12.8 Å². The molecule has 1 amide bonds. The van der Waals surface area contributed by atoms with Gasteiger partial charge in [-0.3, -0.25) is 9.59 Å². The van der Waals surface area contributed by atoms with E-state index in [4.69, 9.17) is 4.74 Å². The van der Waals surface area contributed by atoms with Crippen molar-refractivity contribution in [3.63, 3.8) is 0 Å². The highest BCUT2D eigenvalue weighted by molar-refractivity contribution is 7.10. The lowest BCUT2D eigenvalue weighted by molar-refractivity contribution is -0.141. The lowest BCUT2D eigenvalue weighted by Gasteiger charge is -2.23. The zero-order valence-electron chi connectivity index (χ0n) is 13.5. The summed E-state index contributed by atoms with van der Waals surface area (Å²) in [6, 6.07) is 2.09. The Morgan fingerprint density at radius 1 is 1.50 bits per heavy atom. The van der Waals surface area contributed by atoms with Gasteiger partial charge in [0.1, 0.15) is 0 Å². The second kappa shape index (κ2) is 8.32. The number of carbonyl (C=O) groups excluding carboxylic acids is 2. The quantitative estimate of drug-likeness (QED) is 0.688. The maximum atomic E-state index is 12.5. The van der Waals surface area contributed by atoms with Gasteiger partial charge in [0.15, 0.2) is 0 Å². The van der Waals surface area contributed by atoms with Crippen LogP contribution in [0.3, 0.4) is 0 Å². The van der Waals surface area contributed by atoms with E-state index in [0.717, 1.165) is 25.8 Å². The van der Waals surface area contributed by atoms with Crippen LogP contribution in [0.25, 0.3) is 0 Å². The molecule has 0 N–H and O–H groups in total. The van der Waals surface area contributed by atoms with Crippen LogP contribution < -0.4 is 0 Å². The van der Waals surface area contributed by atoms with Crippen molar-refractivity contribution in [3.8, 4) is 0 Å². The molecule has 1 atom stereocenters. The molecule has 1 saturated heterocycles. The maximum absolute atomic E-state index is 12.5. The summed E-state index contributed by atoms with van der Waals surface area (Å²) in [4.78, 5) is 27.2. The molecule has 1 aliphatic rings. The SMILES string of the molecule is CCCCN(Cc1sccc1C)C(=O)CC[C@@H]1CCOC1=O. The second-order valence-corrected chi connectivity index (χ2v) is 6.89. The fourth-order valence-electron chi connectivity index (χ4n) is 2.64. The monoisotopic (exact) mass is 323 g/mol. The van der Waals surface area contributed by atoms with Gasteiger partial charge >= 0.3 is 5.97 Å². The standard InChI is InChI=1S/C17H25NO3S/c1-3-4-9-18(12-15-13(2)8-11-22-15)16(19)6-5-14-7-10-21-17(14)20/h8,11,14H,3-7,9-10,12H2,1-2H3/t14-/m1/s1. The number of amides is 1. The first-order valence-corrected chi connectivity index (χ1v) is 8.97. The molecule has 0 unspecified atom stereocenters. The Bertz CT molecular complexity index is 512. The van der Waals surface area contributed by atoms with Crippen LogP contribution in [0.2, 0.25) is 0 Å². The smallest absolute Gasteiger partial charge is 0.309 e.